The highest BCUT2D eigenvalue weighted by Gasteiger charge is 2.21. The summed E-state index contributed by atoms with van der Waals surface area (Å²) < 4.78 is 5.08. The van der Waals surface area contributed by atoms with Crippen LogP contribution in [-0.4, -0.2) is 30.3 Å². The van der Waals surface area contributed by atoms with Gasteiger partial charge in [0.1, 0.15) is 5.75 Å². The molecule has 0 saturated heterocycles. The van der Waals surface area contributed by atoms with Crippen LogP contribution in [-0.2, 0) is 4.79 Å². The molecule has 2 unspecified atom stereocenters. The third-order valence-corrected chi connectivity index (χ3v) is 3.18. The largest absolute Gasteiger partial charge is 0.497 e. The van der Waals surface area contributed by atoms with Crippen molar-refractivity contribution in [2.75, 3.05) is 12.4 Å². The number of carboxylic acid groups (broad SMARTS) is 1. The van der Waals surface area contributed by atoms with Gasteiger partial charge in [-0.3, -0.25) is 4.79 Å². The van der Waals surface area contributed by atoms with Crippen molar-refractivity contribution < 1.29 is 19.4 Å². The van der Waals surface area contributed by atoms with Gasteiger partial charge in [-0.2, -0.15) is 0 Å². The number of urea groups is 1. The van der Waals surface area contributed by atoms with Crippen LogP contribution in [0.4, 0.5) is 10.5 Å². The van der Waals surface area contributed by atoms with E-state index < -0.39 is 24.0 Å². The van der Waals surface area contributed by atoms with E-state index in [0.29, 0.717) is 11.4 Å². The lowest BCUT2D eigenvalue weighted by Crippen LogP contribution is -2.42. The van der Waals surface area contributed by atoms with Crippen molar-refractivity contribution in [2.45, 2.75) is 26.8 Å². The van der Waals surface area contributed by atoms with Crippen LogP contribution in [0.25, 0.3) is 0 Å². The van der Waals surface area contributed by atoms with Crippen LogP contribution in [0.5, 0.6) is 5.75 Å². The first kappa shape index (κ1) is 15.8. The van der Waals surface area contributed by atoms with Gasteiger partial charge in [0.2, 0.25) is 0 Å². The zero-order valence-electron chi connectivity index (χ0n) is 12.1. The number of aliphatic carboxylic acids is 1. The first-order valence-corrected chi connectivity index (χ1v) is 6.30. The highest BCUT2D eigenvalue weighted by atomic mass is 16.5. The number of carbonyl (C=O) groups is 2. The van der Waals surface area contributed by atoms with Gasteiger partial charge in [0.25, 0.3) is 0 Å². The highest BCUT2D eigenvalue weighted by Crippen LogP contribution is 2.20. The van der Waals surface area contributed by atoms with Crippen molar-refractivity contribution in [1.82, 2.24) is 5.32 Å². The number of carbonyl (C=O) groups excluding carboxylic acids is 1. The Balaban J connectivity index is 2.65. The average Bonchev–Trinajstić information content (AvgIpc) is 2.39. The Hall–Kier alpha value is -2.24. The molecule has 1 aromatic carbocycles. The molecule has 0 aliphatic rings. The SMILES string of the molecule is COc1ccc(NC(=O)NC(C)C(C)C(=O)O)c(C)c1. The standard InChI is InChI=1S/C14H20N2O4/c1-8-7-11(20-4)5-6-12(8)16-14(19)15-10(3)9(2)13(17)18/h5-7,9-10H,1-4H3,(H,17,18)(H2,15,16,19). The molecule has 1 aromatic rings. The zero-order chi connectivity index (χ0) is 15.3. The molecule has 0 spiro atoms. The predicted octanol–water partition coefficient (Wildman–Crippen LogP) is 2.23. The summed E-state index contributed by atoms with van der Waals surface area (Å²) in [6.45, 7) is 5.05. The second-order valence-electron chi connectivity index (χ2n) is 4.69. The fourth-order valence-corrected chi connectivity index (χ4v) is 1.61. The van der Waals surface area contributed by atoms with Gasteiger partial charge in [0.05, 0.1) is 13.0 Å². The van der Waals surface area contributed by atoms with Crippen LogP contribution in [0.3, 0.4) is 0 Å². The Morgan fingerprint density at radius 3 is 2.45 bits per heavy atom. The smallest absolute Gasteiger partial charge is 0.319 e. The van der Waals surface area contributed by atoms with Crippen LogP contribution in [0.15, 0.2) is 18.2 Å². The van der Waals surface area contributed by atoms with Gasteiger partial charge in [-0.15, -0.1) is 0 Å². The first-order valence-electron chi connectivity index (χ1n) is 6.30. The molecule has 1 rings (SSSR count). The van der Waals surface area contributed by atoms with Crippen molar-refractivity contribution in [3.63, 3.8) is 0 Å². The van der Waals surface area contributed by atoms with Crippen LogP contribution < -0.4 is 15.4 Å². The van der Waals surface area contributed by atoms with E-state index >= 15 is 0 Å². The number of ether oxygens (including phenoxy) is 1. The summed E-state index contributed by atoms with van der Waals surface area (Å²) in [6.07, 6.45) is 0. The minimum atomic E-state index is -0.946. The number of aryl methyl sites for hydroxylation is 1. The zero-order valence-corrected chi connectivity index (χ0v) is 12.1. The molecule has 20 heavy (non-hydrogen) atoms. The summed E-state index contributed by atoms with van der Waals surface area (Å²) in [7, 11) is 1.57. The number of benzene rings is 1. The normalized spacial score (nSPS) is 13.2. The lowest BCUT2D eigenvalue weighted by Gasteiger charge is -2.18. The number of methoxy groups -OCH3 is 1. The molecule has 0 aliphatic carbocycles. The summed E-state index contributed by atoms with van der Waals surface area (Å²) in [4.78, 5) is 22.6. The summed E-state index contributed by atoms with van der Waals surface area (Å²) in [5.74, 6) is -0.891. The monoisotopic (exact) mass is 280 g/mol. The fourth-order valence-electron chi connectivity index (χ4n) is 1.61. The summed E-state index contributed by atoms with van der Waals surface area (Å²) in [5, 5.41) is 14.2. The highest BCUT2D eigenvalue weighted by molar-refractivity contribution is 5.90. The number of rotatable bonds is 5. The topological polar surface area (TPSA) is 87.7 Å². The summed E-state index contributed by atoms with van der Waals surface area (Å²) in [5.41, 5.74) is 1.51. The van der Waals surface area contributed by atoms with E-state index in [-0.39, 0.29) is 0 Å². The molecular weight excluding hydrogens is 260 g/mol. The van der Waals surface area contributed by atoms with Crippen LogP contribution in [0.1, 0.15) is 19.4 Å². The van der Waals surface area contributed by atoms with Crippen molar-refractivity contribution in [3.8, 4) is 5.75 Å². The number of amides is 2. The van der Waals surface area contributed by atoms with Crippen LogP contribution in [0.2, 0.25) is 0 Å². The number of hydrogen-bond acceptors (Lipinski definition) is 3. The van der Waals surface area contributed by atoms with Gasteiger partial charge >= 0.3 is 12.0 Å². The van der Waals surface area contributed by atoms with E-state index in [9.17, 15) is 9.59 Å². The van der Waals surface area contributed by atoms with E-state index in [2.05, 4.69) is 10.6 Å². The fraction of sp³-hybridized carbons (Fsp3) is 0.429. The van der Waals surface area contributed by atoms with Crippen molar-refractivity contribution in [3.05, 3.63) is 23.8 Å². The second-order valence-corrected chi connectivity index (χ2v) is 4.69. The number of anilines is 1. The molecule has 110 valence electrons. The molecule has 0 fully saturated rings. The van der Waals surface area contributed by atoms with Crippen LogP contribution in [0, 0.1) is 12.8 Å². The lowest BCUT2D eigenvalue weighted by molar-refractivity contribution is -0.141. The first-order chi connectivity index (χ1) is 9.35. The predicted molar refractivity (Wildman–Crippen MR) is 76.1 cm³/mol. The Bertz CT molecular complexity index is 502. The molecule has 0 aromatic heterocycles. The molecule has 2 amide bonds. The minimum Gasteiger partial charge on any atom is -0.497 e. The molecule has 0 radical (unpaired) electrons. The van der Waals surface area contributed by atoms with E-state index in [4.69, 9.17) is 9.84 Å². The molecule has 6 nitrogen and oxygen atoms in total. The second kappa shape index (κ2) is 6.79. The molecule has 6 heteroatoms. The summed E-state index contributed by atoms with van der Waals surface area (Å²) >= 11 is 0. The van der Waals surface area contributed by atoms with E-state index in [1.807, 2.05) is 6.92 Å². The van der Waals surface area contributed by atoms with Gasteiger partial charge in [0, 0.05) is 11.7 Å². The third kappa shape index (κ3) is 4.15. The van der Waals surface area contributed by atoms with Gasteiger partial charge in [-0.1, -0.05) is 0 Å². The Labute approximate surface area is 118 Å². The molecule has 2 atom stereocenters. The van der Waals surface area contributed by atoms with E-state index in [0.717, 1.165) is 5.56 Å². The minimum absolute atomic E-state index is 0.432. The molecule has 0 saturated carbocycles. The van der Waals surface area contributed by atoms with Crippen molar-refractivity contribution in [1.29, 1.82) is 0 Å². The molecule has 3 N–H and O–H groups in total. The molecular formula is C14H20N2O4. The third-order valence-electron chi connectivity index (χ3n) is 3.18. The molecule has 0 bridgehead atoms. The number of hydrogen-bond donors (Lipinski definition) is 3. The summed E-state index contributed by atoms with van der Waals surface area (Å²) in [6, 6.07) is 4.38. The van der Waals surface area contributed by atoms with Crippen molar-refractivity contribution in [2.24, 2.45) is 5.92 Å². The van der Waals surface area contributed by atoms with Gasteiger partial charge in [-0.05, 0) is 44.5 Å². The van der Waals surface area contributed by atoms with Gasteiger partial charge in [-0.25, -0.2) is 4.79 Å². The number of nitrogens with one attached hydrogen (secondary N) is 2. The van der Waals surface area contributed by atoms with Crippen molar-refractivity contribution >= 4 is 17.7 Å². The maximum atomic E-state index is 11.8. The van der Waals surface area contributed by atoms with E-state index in [1.54, 1.807) is 39.2 Å². The lowest BCUT2D eigenvalue weighted by atomic mass is 10.0. The Kier molecular flexibility index (Phi) is 5.37. The average molecular weight is 280 g/mol. The maximum Gasteiger partial charge on any atom is 0.319 e. The van der Waals surface area contributed by atoms with Gasteiger partial charge in [0.15, 0.2) is 0 Å². The Morgan fingerprint density at radius 1 is 1.30 bits per heavy atom. The maximum absolute atomic E-state index is 11.8. The van der Waals surface area contributed by atoms with Gasteiger partial charge < -0.3 is 20.5 Å². The van der Waals surface area contributed by atoms with E-state index in [1.165, 1.54) is 0 Å². The molecule has 0 aliphatic heterocycles. The quantitative estimate of drug-likeness (QED) is 0.771. The number of carboxylic acids is 1. The Morgan fingerprint density at radius 2 is 1.95 bits per heavy atom. The molecule has 0 heterocycles. The van der Waals surface area contributed by atoms with Crippen LogP contribution >= 0.6 is 0 Å².